The van der Waals surface area contributed by atoms with Crippen molar-refractivity contribution in [2.75, 3.05) is 19.6 Å². The second-order valence-electron chi connectivity index (χ2n) is 6.36. The topological polar surface area (TPSA) is 107 Å². The lowest BCUT2D eigenvalue weighted by atomic mass is 10.2. The van der Waals surface area contributed by atoms with E-state index >= 15 is 0 Å². The lowest BCUT2D eigenvalue weighted by molar-refractivity contribution is -0.117. The Kier molecular flexibility index (Phi) is 5.84. The van der Waals surface area contributed by atoms with Crippen LogP contribution in [0.15, 0.2) is 53.7 Å². The molecule has 3 aromatic rings. The van der Waals surface area contributed by atoms with Gasteiger partial charge >= 0.3 is 6.03 Å². The molecule has 1 aliphatic heterocycles. The number of amides is 3. The highest BCUT2D eigenvalue weighted by Crippen LogP contribution is 2.33. The summed E-state index contributed by atoms with van der Waals surface area (Å²) < 4.78 is 12.8. The first-order chi connectivity index (χ1) is 14.6. The third-order valence-electron chi connectivity index (χ3n) is 4.34. The van der Waals surface area contributed by atoms with E-state index < -0.39 is 11.9 Å². The molecule has 3 amide bonds. The predicted octanol–water partition coefficient (Wildman–Crippen LogP) is 2.27. The van der Waals surface area contributed by atoms with Gasteiger partial charge in [-0.3, -0.25) is 14.7 Å². The quantitative estimate of drug-likeness (QED) is 0.584. The van der Waals surface area contributed by atoms with E-state index in [1.165, 1.54) is 18.8 Å². The second kappa shape index (κ2) is 8.87. The highest BCUT2D eigenvalue weighted by Gasteiger charge is 2.18. The summed E-state index contributed by atoms with van der Waals surface area (Å²) in [5, 5.41) is 13.8. The van der Waals surface area contributed by atoms with Gasteiger partial charge in [-0.25, -0.2) is 4.79 Å². The van der Waals surface area contributed by atoms with Crippen LogP contribution in [0.25, 0.3) is 11.4 Å². The molecule has 0 spiro atoms. The number of ether oxygens (including phenoxy) is 2. The number of rotatable bonds is 6. The standard InChI is InChI=1S/C20H19N5O4S/c1-21-19(27)22-17(26)11-30-20-24-23-18(14-5-3-2-4-6-14)25(20)10-13-7-8-15-16(9-13)29-12-28-15/h2-9H,10-12H2,1H3,(H2,21,22,26,27). The van der Waals surface area contributed by atoms with Gasteiger partial charge in [0.15, 0.2) is 22.5 Å². The van der Waals surface area contributed by atoms with Crippen molar-refractivity contribution in [3.63, 3.8) is 0 Å². The van der Waals surface area contributed by atoms with E-state index in [1.54, 1.807) is 0 Å². The van der Waals surface area contributed by atoms with E-state index in [9.17, 15) is 9.59 Å². The first-order valence-electron chi connectivity index (χ1n) is 9.15. The van der Waals surface area contributed by atoms with Gasteiger partial charge in [-0.15, -0.1) is 10.2 Å². The third kappa shape index (κ3) is 4.38. The Morgan fingerprint density at radius 3 is 2.70 bits per heavy atom. The molecule has 0 radical (unpaired) electrons. The van der Waals surface area contributed by atoms with Gasteiger partial charge in [0.2, 0.25) is 12.7 Å². The zero-order chi connectivity index (χ0) is 20.9. The number of hydrogen-bond acceptors (Lipinski definition) is 7. The molecule has 0 aliphatic carbocycles. The van der Waals surface area contributed by atoms with Gasteiger partial charge in [-0.1, -0.05) is 48.2 Å². The third-order valence-corrected chi connectivity index (χ3v) is 5.31. The molecule has 0 fully saturated rings. The molecular formula is C20H19N5O4S. The molecule has 0 saturated heterocycles. The van der Waals surface area contributed by atoms with Crippen molar-refractivity contribution in [3.05, 3.63) is 54.1 Å². The van der Waals surface area contributed by atoms with Crippen LogP contribution in [0, 0.1) is 0 Å². The van der Waals surface area contributed by atoms with Crippen molar-refractivity contribution in [2.24, 2.45) is 0 Å². The van der Waals surface area contributed by atoms with Crippen LogP contribution in [0.5, 0.6) is 11.5 Å². The van der Waals surface area contributed by atoms with E-state index in [1.807, 2.05) is 53.1 Å². The normalized spacial score (nSPS) is 11.9. The first-order valence-corrected chi connectivity index (χ1v) is 10.1. The maximum Gasteiger partial charge on any atom is 0.321 e. The van der Waals surface area contributed by atoms with Crippen LogP contribution in [0.1, 0.15) is 5.56 Å². The Morgan fingerprint density at radius 2 is 1.90 bits per heavy atom. The molecule has 154 valence electrons. The van der Waals surface area contributed by atoms with Crippen LogP contribution in [0.3, 0.4) is 0 Å². The Morgan fingerprint density at radius 1 is 1.10 bits per heavy atom. The van der Waals surface area contributed by atoms with Gasteiger partial charge in [0.1, 0.15) is 0 Å². The molecule has 2 aromatic carbocycles. The maximum absolute atomic E-state index is 12.0. The summed E-state index contributed by atoms with van der Waals surface area (Å²) in [7, 11) is 1.45. The maximum atomic E-state index is 12.0. The molecule has 1 aliphatic rings. The molecular weight excluding hydrogens is 406 g/mol. The molecule has 0 atom stereocenters. The summed E-state index contributed by atoms with van der Waals surface area (Å²) in [6, 6.07) is 14.9. The number of imide groups is 1. The zero-order valence-corrected chi connectivity index (χ0v) is 16.9. The number of carbonyl (C=O) groups excluding carboxylic acids is 2. The van der Waals surface area contributed by atoms with Gasteiger partial charge in [-0.05, 0) is 17.7 Å². The van der Waals surface area contributed by atoms with Crippen molar-refractivity contribution < 1.29 is 19.1 Å². The van der Waals surface area contributed by atoms with E-state index in [0.717, 1.165) is 11.1 Å². The minimum atomic E-state index is -0.549. The molecule has 4 rings (SSSR count). The molecule has 30 heavy (non-hydrogen) atoms. The molecule has 9 nitrogen and oxygen atoms in total. The summed E-state index contributed by atoms with van der Waals surface area (Å²) in [5.74, 6) is 1.70. The van der Waals surface area contributed by atoms with Gasteiger partial charge < -0.3 is 14.8 Å². The molecule has 2 N–H and O–H groups in total. The fourth-order valence-electron chi connectivity index (χ4n) is 2.92. The van der Waals surface area contributed by atoms with Crippen molar-refractivity contribution in [1.29, 1.82) is 0 Å². The zero-order valence-electron chi connectivity index (χ0n) is 16.1. The molecule has 0 unspecified atom stereocenters. The summed E-state index contributed by atoms with van der Waals surface area (Å²) in [6.07, 6.45) is 0. The summed E-state index contributed by atoms with van der Waals surface area (Å²) in [6.45, 7) is 0.690. The van der Waals surface area contributed by atoms with Crippen LogP contribution in [-0.2, 0) is 11.3 Å². The van der Waals surface area contributed by atoms with Crippen LogP contribution in [-0.4, -0.2) is 46.3 Å². The predicted molar refractivity (Wildman–Crippen MR) is 110 cm³/mol. The fraction of sp³-hybridized carbons (Fsp3) is 0.200. The van der Waals surface area contributed by atoms with Gasteiger partial charge in [0, 0.05) is 12.6 Å². The average molecular weight is 425 g/mol. The van der Waals surface area contributed by atoms with Crippen molar-refractivity contribution >= 4 is 23.7 Å². The number of hydrogen-bond donors (Lipinski definition) is 2. The summed E-state index contributed by atoms with van der Waals surface area (Å²) >= 11 is 1.21. The number of urea groups is 1. The minimum Gasteiger partial charge on any atom is -0.454 e. The molecule has 10 heteroatoms. The highest BCUT2D eigenvalue weighted by atomic mass is 32.2. The number of nitrogens with zero attached hydrogens (tertiary/aromatic N) is 3. The lowest BCUT2D eigenvalue weighted by Gasteiger charge is -2.11. The van der Waals surface area contributed by atoms with Gasteiger partial charge in [0.25, 0.3) is 0 Å². The van der Waals surface area contributed by atoms with Crippen LogP contribution in [0.4, 0.5) is 4.79 Å². The lowest BCUT2D eigenvalue weighted by Crippen LogP contribution is -2.38. The van der Waals surface area contributed by atoms with Crippen LogP contribution in [0.2, 0.25) is 0 Å². The molecule has 0 bridgehead atoms. The number of thioether (sulfide) groups is 1. The molecule has 2 heterocycles. The van der Waals surface area contributed by atoms with Crippen molar-refractivity contribution in [2.45, 2.75) is 11.7 Å². The average Bonchev–Trinajstić information content (AvgIpc) is 3.39. The Hall–Kier alpha value is -3.53. The van der Waals surface area contributed by atoms with E-state index in [2.05, 4.69) is 20.8 Å². The number of fused-ring (bicyclic) bond motifs is 1. The van der Waals surface area contributed by atoms with E-state index in [0.29, 0.717) is 29.0 Å². The van der Waals surface area contributed by atoms with Crippen LogP contribution >= 0.6 is 11.8 Å². The largest absolute Gasteiger partial charge is 0.454 e. The smallest absolute Gasteiger partial charge is 0.321 e. The highest BCUT2D eigenvalue weighted by molar-refractivity contribution is 7.99. The van der Waals surface area contributed by atoms with Gasteiger partial charge in [-0.2, -0.15) is 0 Å². The first kappa shape index (κ1) is 19.8. The minimum absolute atomic E-state index is 0.0292. The summed E-state index contributed by atoms with van der Waals surface area (Å²) in [4.78, 5) is 23.3. The van der Waals surface area contributed by atoms with Gasteiger partial charge in [0.05, 0.1) is 12.3 Å². The number of aromatic nitrogens is 3. The number of nitrogens with one attached hydrogen (secondary N) is 2. The number of benzene rings is 2. The SMILES string of the molecule is CNC(=O)NC(=O)CSc1nnc(-c2ccccc2)n1Cc1ccc2c(c1)OCO2. The van der Waals surface area contributed by atoms with Crippen LogP contribution < -0.4 is 20.1 Å². The van der Waals surface area contributed by atoms with E-state index in [4.69, 9.17) is 9.47 Å². The monoisotopic (exact) mass is 425 g/mol. The Bertz CT molecular complexity index is 1070. The summed E-state index contributed by atoms with van der Waals surface area (Å²) in [5.41, 5.74) is 1.89. The second-order valence-corrected chi connectivity index (χ2v) is 7.30. The number of carbonyl (C=O) groups is 2. The Labute approximate surface area is 176 Å². The van der Waals surface area contributed by atoms with Crippen molar-refractivity contribution in [1.82, 2.24) is 25.4 Å². The van der Waals surface area contributed by atoms with E-state index in [-0.39, 0.29) is 12.5 Å². The molecule has 0 saturated carbocycles. The Balaban J connectivity index is 1.59. The molecule has 1 aromatic heterocycles. The fourth-order valence-corrected chi connectivity index (χ4v) is 3.65. The van der Waals surface area contributed by atoms with Crippen molar-refractivity contribution in [3.8, 4) is 22.9 Å².